The van der Waals surface area contributed by atoms with Crippen LogP contribution in [0.3, 0.4) is 0 Å². The van der Waals surface area contributed by atoms with Gasteiger partial charge >= 0.3 is 0 Å². The highest BCUT2D eigenvalue weighted by atomic mass is 32.2. The summed E-state index contributed by atoms with van der Waals surface area (Å²) in [6.45, 7) is 2.82. The van der Waals surface area contributed by atoms with Crippen molar-refractivity contribution in [2.24, 2.45) is 5.92 Å². The van der Waals surface area contributed by atoms with Crippen LogP contribution in [0.4, 0.5) is 20.8 Å². The number of hydrogen-bond donors (Lipinski definition) is 2. The minimum Gasteiger partial charge on any atom is -0.378 e. The van der Waals surface area contributed by atoms with Gasteiger partial charge < -0.3 is 15.1 Å². The largest absolute Gasteiger partial charge is 0.378 e. The molecule has 9 nitrogen and oxygen atoms in total. The fraction of sp³-hybridized carbons (Fsp3) is 0.321. The van der Waals surface area contributed by atoms with Gasteiger partial charge in [-0.2, -0.15) is 0 Å². The third kappa shape index (κ3) is 6.61. The fourth-order valence-corrected chi connectivity index (χ4v) is 5.28. The number of nitrogens with zero attached hydrogens (tertiary/aromatic N) is 5. The first-order valence-corrected chi connectivity index (χ1v) is 13.6. The molecule has 0 atom stereocenters. The quantitative estimate of drug-likeness (QED) is 0.404. The number of carbonyl (C=O) groups excluding carboxylic acids is 2. The number of carbonyl (C=O) groups is 2. The van der Waals surface area contributed by atoms with E-state index in [0.717, 1.165) is 61.2 Å². The minimum atomic E-state index is -0.403. The first-order valence-electron chi connectivity index (χ1n) is 12.8. The minimum absolute atomic E-state index is 0.310. The maximum absolute atomic E-state index is 14.5. The van der Waals surface area contributed by atoms with Crippen LogP contribution in [0.15, 0.2) is 53.7 Å². The van der Waals surface area contributed by atoms with E-state index in [1.54, 1.807) is 18.3 Å². The third-order valence-electron chi connectivity index (χ3n) is 6.82. The molecule has 2 aliphatic rings. The predicted molar refractivity (Wildman–Crippen MR) is 152 cm³/mol. The van der Waals surface area contributed by atoms with Gasteiger partial charge in [-0.25, -0.2) is 14.4 Å². The van der Waals surface area contributed by atoms with Crippen LogP contribution in [0.5, 0.6) is 0 Å². The van der Waals surface area contributed by atoms with Crippen molar-refractivity contribution < 1.29 is 14.0 Å². The number of nitrogens with one attached hydrogen (secondary N) is 2. The molecule has 2 fully saturated rings. The zero-order valence-corrected chi connectivity index (χ0v) is 22.7. The summed E-state index contributed by atoms with van der Waals surface area (Å²) in [4.78, 5) is 41.0. The van der Waals surface area contributed by atoms with Gasteiger partial charge in [0.05, 0.1) is 22.5 Å². The summed E-state index contributed by atoms with van der Waals surface area (Å²) in [6, 6.07) is 11.6. The second-order valence-electron chi connectivity index (χ2n) is 9.80. The van der Waals surface area contributed by atoms with Gasteiger partial charge in [-0.1, -0.05) is 12.1 Å². The van der Waals surface area contributed by atoms with Crippen LogP contribution < -0.4 is 20.4 Å². The topological polar surface area (TPSA) is 103 Å². The predicted octanol–water partition coefficient (Wildman–Crippen LogP) is 4.07. The normalized spacial score (nSPS) is 17.1. The average molecular weight is 548 g/mol. The van der Waals surface area contributed by atoms with Gasteiger partial charge in [-0.3, -0.25) is 19.9 Å². The molecule has 2 aromatic heterocycles. The van der Waals surface area contributed by atoms with Crippen molar-refractivity contribution in [2.75, 3.05) is 43.5 Å². The average Bonchev–Trinajstić information content (AvgIpc) is 3.26. The molecule has 0 saturated carbocycles. The summed E-state index contributed by atoms with van der Waals surface area (Å²) >= 11 is 0.870. The molecule has 2 saturated heterocycles. The lowest BCUT2D eigenvalue weighted by atomic mass is 9.97. The Morgan fingerprint density at radius 2 is 2.00 bits per heavy atom. The van der Waals surface area contributed by atoms with Crippen LogP contribution in [0, 0.1) is 11.7 Å². The molecule has 2 amide bonds. The number of hydrogen-bond acceptors (Lipinski definition) is 9. The molecular formula is C28H30FN7O2S. The molecule has 39 heavy (non-hydrogen) atoms. The molecule has 0 bridgehead atoms. The lowest BCUT2D eigenvalue weighted by Gasteiger charge is -2.32. The van der Waals surface area contributed by atoms with Crippen molar-refractivity contribution in [1.82, 2.24) is 25.6 Å². The van der Waals surface area contributed by atoms with Crippen LogP contribution in [0.1, 0.15) is 24.1 Å². The van der Waals surface area contributed by atoms with E-state index in [2.05, 4.69) is 30.5 Å². The highest BCUT2D eigenvalue weighted by molar-refractivity contribution is 8.18. The Hall–Kier alpha value is -3.83. The number of pyridine rings is 1. The number of aromatic nitrogens is 3. The Balaban J connectivity index is 1.14. The van der Waals surface area contributed by atoms with Gasteiger partial charge in [-0.05, 0) is 67.4 Å². The maximum atomic E-state index is 14.5. The summed E-state index contributed by atoms with van der Waals surface area (Å²) in [7, 11) is 3.97. The van der Waals surface area contributed by atoms with Gasteiger partial charge in [0, 0.05) is 56.7 Å². The van der Waals surface area contributed by atoms with Gasteiger partial charge in [0.25, 0.3) is 11.1 Å². The molecule has 11 heteroatoms. The number of halogens is 1. The Morgan fingerprint density at radius 3 is 2.74 bits per heavy atom. The van der Waals surface area contributed by atoms with Crippen molar-refractivity contribution in [3.8, 4) is 11.3 Å². The fourth-order valence-electron chi connectivity index (χ4n) is 4.62. The molecule has 0 aliphatic carbocycles. The Kier molecular flexibility index (Phi) is 8.18. The number of piperidine rings is 1. The zero-order chi connectivity index (χ0) is 27.4. The Labute approximate surface area is 230 Å². The number of rotatable bonds is 8. The van der Waals surface area contributed by atoms with Gasteiger partial charge in [0.2, 0.25) is 5.95 Å². The highest BCUT2D eigenvalue weighted by Crippen LogP contribution is 2.27. The zero-order valence-electron chi connectivity index (χ0n) is 21.9. The van der Waals surface area contributed by atoms with E-state index in [0.29, 0.717) is 34.6 Å². The molecule has 1 aromatic carbocycles. The molecule has 2 N–H and O–H groups in total. The second-order valence-corrected chi connectivity index (χ2v) is 10.8. The first kappa shape index (κ1) is 26.8. The van der Waals surface area contributed by atoms with Crippen LogP contribution in [0.25, 0.3) is 17.3 Å². The SMILES string of the molecule is CN(C)c1cccc(-c2cc(CNCC3CCN(c4nccc(C=C5SC(=O)NC5=O)n4)CC3)c(F)cn2)c1. The molecule has 3 aromatic rings. The van der Waals surface area contributed by atoms with E-state index in [-0.39, 0.29) is 11.1 Å². The monoisotopic (exact) mass is 547 g/mol. The van der Waals surface area contributed by atoms with Gasteiger partial charge in [0.1, 0.15) is 5.82 Å². The number of benzene rings is 1. The summed E-state index contributed by atoms with van der Waals surface area (Å²) in [6.07, 6.45) is 6.48. The van der Waals surface area contributed by atoms with Gasteiger partial charge in [0.15, 0.2) is 0 Å². The standard InChI is InChI=1S/C28H30FN7O2S/c1-35(2)22-5-3-4-19(12-22)24-13-20(23(29)17-32-24)16-30-15-18-7-10-36(11-8-18)27-31-9-6-21(33-27)14-25-26(37)34-28(38)39-25/h3-6,9,12-14,17-18,30H,7-8,10-11,15-16H2,1-2H3,(H,34,37,38). The number of thioether (sulfide) groups is 1. The van der Waals surface area contributed by atoms with Crippen LogP contribution in [0.2, 0.25) is 0 Å². The molecule has 202 valence electrons. The van der Waals surface area contributed by atoms with E-state index in [1.165, 1.54) is 6.20 Å². The maximum Gasteiger partial charge on any atom is 0.290 e. The summed E-state index contributed by atoms with van der Waals surface area (Å²) < 4.78 is 14.5. The lowest BCUT2D eigenvalue weighted by Crippen LogP contribution is -2.38. The third-order valence-corrected chi connectivity index (χ3v) is 7.63. The first-order chi connectivity index (χ1) is 18.9. The second kappa shape index (κ2) is 11.9. The van der Waals surface area contributed by atoms with E-state index < -0.39 is 5.91 Å². The summed E-state index contributed by atoms with van der Waals surface area (Å²) in [5, 5.41) is 5.30. The van der Waals surface area contributed by atoms with Crippen molar-refractivity contribution in [3.05, 3.63) is 70.8 Å². The van der Waals surface area contributed by atoms with E-state index in [4.69, 9.17) is 0 Å². The molecule has 0 unspecified atom stereocenters. The Morgan fingerprint density at radius 1 is 1.18 bits per heavy atom. The Bertz CT molecular complexity index is 1410. The van der Waals surface area contributed by atoms with Crippen LogP contribution >= 0.6 is 11.8 Å². The molecular weight excluding hydrogens is 517 g/mol. The molecule has 0 radical (unpaired) electrons. The van der Waals surface area contributed by atoms with Gasteiger partial charge in [-0.15, -0.1) is 0 Å². The molecule has 5 rings (SSSR count). The summed E-state index contributed by atoms with van der Waals surface area (Å²) in [5.74, 6) is 0.349. The van der Waals surface area contributed by atoms with E-state index in [9.17, 15) is 14.0 Å². The molecule has 0 spiro atoms. The molecule has 4 heterocycles. The highest BCUT2D eigenvalue weighted by Gasteiger charge is 2.26. The van der Waals surface area contributed by atoms with Crippen LogP contribution in [-0.2, 0) is 11.3 Å². The van der Waals surface area contributed by atoms with Crippen molar-refractivity contribution >= 4 is 40.6 Å². The number of amides is 2. The van der Waals surface area contributed by atoms with Crippen LogP contribution in [-0.4, -0.2) is 59.8 Å². The van der Waals surface area contributed by atoms with Crippen molar-refractivity contribution in [2.45, 2.75) is 19.4 Å². The smallest absolute Gasteiger partial charge is 0.290 e. The molecule has 2 aliphatic heterocycles. The number of imide groups is 1. The summed E-state index contributed by atoms with van der Waals surface area (Å²) in [5.41, 5.74) is 3.96. The van der Waals surface area contributed by atoms with Crippen molar-refractivity contribution in [3.63, 3.8) is 0 Å². The van der Waals surface area contributed by atoms with E-state index >= 15 is 0 Å². The number of anilines is 2. The lowest BCUT2D eigenvalue weighted by molar-refractivity contribution is -0.115. The van der Waals surface area contributed by atoms with E-state index in [1.807, 2.05) is 49.3 Å². The van der Waals surface area contributed by atoms with Crippen molar-refractivity contribution in [1.29, 1.82) is 0 Å².